The van der Waals surface area contributed by atoms with Gasteiger partial charge in [-0.3, -0.25) is 9.59 Å². The zero-order chi connectivity index (χ0) is 17.7. The summed E-state index contributed by atoms with van der Waals surface area (Å²) in [4.78, 5) is 24.4. The van der Waals surface area contributed by atoms with Crippen molar-refractivity contribution in [2.45, 2.75) is 36.1 Å². The van der Waals surface area contributed by atoms with Gasteiger partial charge in [-0.25, -0.2) is 0 Å². The lowest BCUT2D eigenvalue weighted by Gasteiger charge is -2.12. The minimum absolute atomic E-state index is 0.0570. The maximum atomic E-state index is 12.6. The number of rotatable bonds is 6. The molecule has 2 rings (SSSR count). The van der Waals surface area contributed by atoms with E-state index in [4.69, 9.17) is 5.73 Å². The molecule has 2 aromatic carbocycles. The first-order chi connectivity index (χ1) is 11.4. The quantitative estimate of drug-likeness (QED) is 0.622. The number of carbonyl (C=O) groups excluding carboxylic acids is 2. The number of nitrogens with one attached hydrogen (secondary N) is 1. The molecule has 0 radical (unpaired) electrons. The highest BCUT2D eigenvalue weighted by Crippen LogP contribution is 2.23. The van der Waals surface area contributed by atoms with Crippen LogP contribution in [-0.2, 0) is 16.0 Å². The van der Waals surface area contributed by atoms with E-state index in [0.29, 0.717) is 27.5 Å². The van der Waals surface area contributed by atoms with E-state index < -0.39 is 17.2 Å². The standard InChI is InChI=1S/C18H20N2O3S/c1-3-17(21)13-4-8-15(9-5-13)24(23)16-10-6-14(7-11-16)20-18(22)12(2)19/h4-12H,3,19H2,1-2H3,(H,20,22). The maximum absolute atomic E-state index is 12.6. The molecule has 0 saturated carbocycles. The molecule has 0 aliphatic heterocycles. The fourth-order valence-corrected chi connectivity index (χ4v) is 3.06. The van der Waals surface area contributed by atoms with E-state index in [1.54, 1.807) is 62.4 Å². The van der Waals surface area contributed by atoms with Gasteiger partial charge >= 0.3 is 0 Å². The van der Waals surface area contributed by atoms with Crippen LogP contribution < -0.4 is 11.1 Å². The van der Waals surface area contributed by atoms with E-state index in [-0.39, 0.29) is 11.7 Å². The zero-order valence-electron chi connectivity index (χ0n) is 13.6. The summed E-state index contributed by atoms with van der Waals surface area (Å²) in [6, 6.07) is 12.9. The second-order valence-electron chi connectivity index (χ2n) is 5.37. The molecule has 0 aromatic heterocycles. The summed E-state index contributed by atoms with van der Waals surface area (Å²) in [5, 5.41) is 2.67. The smallest absolute Gasteiger partial charge is 0.240 e. The van der Waals surface area contributed by atoms with Gasteiger partial charge in [0.05, 0.1) is 6.04 Å². The van der Waals surface area contributed by atoms with Gasteiger partial charge in [0.25, 0.3) is 0 Å². The van der Waals surface area contributed by atoms with E-state index in [2.05, 4.69) is 5.32 Å². The van der Waals surface area contributed by atoms with Crippen LogP contribution in [0.2, 0.25) is 0 Å². The Morgan fingerprint density at radius 1 is 1.08 bits per heavy atom. The average molecular weight is 344 g/mol. The summed E-state index contributed by atoms with van der Waals surface area (Å²) in [6.07, 6.45) is 0.442. The van der Waals surface area contributed by atoms with E-state index in [1.165, 1.54) is 0 Å². The normalized spacial score (nSPS) is 13.2. The van der Waals surface area contributed by atoms with Crippen molar-refractivity contribution in [1.29, 1.82) is 0 Å². The van der Waals surface area contributed by atoms with Crippen molar-refractivity contribution in [1.82, 2.24) is 0 Å². The van der Waals surface area contributed by atoms with Crippen molar-refractivity contribution in [3.63, 3.8) is 0 Å². The second kappa shape index (κ2) is 8.10. The lowest BCUT2D eigenvalue weighted by atomic mass is 10.1. The third kappa shape index (κ3) is 4.44. The van der Waals surface area contributed by atoms with Crippen molar-refractivity contribution in [2.75, 3.05) is 5.32 Å². The molecule has 0 heterocycles. The van der Waals surface area contributed by atoms with Crippen molar-refractivity contribution < 1.29 is 14.1 Å². The summed E-state index contributed by atoms with van der Waals surface area (Å²) in [5.74, 6) is -0.221. The fraction of sp³-hybridized carbons (Fsp3) is 0.222. The Kier molecular flexibility index (Phi) is 6.14. The molecule has 1 amide bonds. The predicted molar refractivity (Wildman–Crippen MR) is 94.5 cm³/mol. The number of carbonyl (C=O) groups is 2. The molecule has 5 nitrogen and oxygen atoms in total. The van der Waals surface area contributed by atoms with Crippen LogP contribution in [0, 0.1) is 0 Å². The van der Waals surface area contributed by atoms with Crippen LogP contribution in [0.5, 0.6) is 0 Å². The van der Waals surface area contributed by atoms with Crippen LogP contribution in [0.25, 0.3) is 0 Å². The van der Waals surface area contributed by atoms with Gasteiger partial charge in [-0.2, -0.15) is 0 Å². The molecular weight excluding hydrogens is 324 g/mol. The van der Waals surface area contributed by atoms with Crippen LogP contribution in [-0.4, -0.2) is 22.3 Å². The van der Waals surface area contributed by atoms with Crippen LogP contribution in [0.1, 0.15) is 30.6 Å². The number of nitrogens with two attached hydrogens (primary N) is 1. The molecule has 2 aromatic rings. The zero-order valence-corrected chi connectivity index (χ0v) is 14.4. The average Bonchev–Trinajstić information content (AvgIpc) is 2.61. The molecule has 2 atom stereocenters. The Bertz CT molecular complexity index is 712. The maximum Gasteiger partial charge on any atom is 0.240 e. The van der Waals surface area contributed by atoms with Crippen molar-refractivity contribution >= 4 is 28.6 Å². The number of anilines is 1. The molecule has 0 spiro atoms. The molecule has 2 unspecified atom stereocenters. The summed E-state index contributed by atoms with van der Waals surface area (Å²) in [5.41, 5.74) is 6.71. The van der Waals surface area contributed by atoms with Crippen molar-refractivity contribution in [3.05, 3.63) is 54.1 Å². The van der Waals surface area contributed by atoms with Gasteiger partial charge in [-0.05, 0) is 55.5 Å². The van der Waals surface area contributed by atoms with Gasteiger partial charge in [-0.15, -0.1) is 0 Å². The third-order valence-corrected chi connectivity index (χ3v) is 4.86. The molecule has 0 bridgehead atoms. The predicted octanol–water partition coefficient (Wildman–Crippen LogP) is 2.73. The number of Topliss-reactive ketones (excluding diaryl/α,β-unsaturated/α-hetero) is 1. The van der Waals surface area contributed by atoms with Gasteiger partial charge in [0.2, 0.25) is 5.91 Å². The molecule has 0 fully saturated rings. The Morgan fingerprint density at radius 3 is 2.04 bits per heavy atom. The number of hydrogen-bond donors (Lipinski definition) is 2. The topological polar surface area (TPSA) is 95.2 Å². The first-order valence-corrected chi connectivity index (χ1v) is 8.79. The highest BCUT2D eigenvalue weighted by atomic mass is 32.2. The van der Waals surface area contributed by atoms with Crippen LogP contribution in [0.3, 0.4) is 0 Å². The molecule has 6 heteroatoms. The van der Waals surface area contributed by atoms with E-state index >= 15 is 0 Å². The van der Waals surface area contributed by atoms with Gasteiger partial charge in [0.1, 0.15) is 0 Å². The van der Waals surface area contributed by atoms with Crippen molar-refractivity contribution in [3.8, 4) is 0 Å². The Balaban J connectivity index is 2.10. The fourth-order valence-electron chi connectivity index (χ4n) is 2.02. The van der Waals surface area contributed by atoms with Gasteiger partial charge in [0.15, 0.2) is 15.6 Å². The Hall–Kier alpha value is -2.15. The van der Waals surface area contributed by atoms with Crippen LogP contribution in [0.15, 0.2) is 58.3 Å². The summed E-state index contributed by atoms with van der Waals surface area (Å²) in [6.45, 7) is 3.41. The highest BCUT2D eigenvalue weighted by molar-refractivity contribution is 7.91. The molecular formula is C18H20N2O3S. The largest absolute Gasteiger partial charge is 0.606 e. The lowest BCUT2D eigenvalue weighted by Crippen LogP contribution is -2.32. The number of benzene rings is 2. The molecule has 3 N–H and O–H groups in total. The Morgan fingerprint density at radius 2 is 1.58 bits per heavy atom. The minimum Gasteiger partial charge on any atom is -0.606 e. The molecule has 0 saturated heterocycles. The lowest BCUT2D eigenvalue weighted by molar-refractivity contribution is -0.117. The first kappa shape index (κ1) is 18.2. The van der Waals surface area contributed by atoms with Crippen LogP contribution in [0.4, 0.5) is 5.69 Å². The number of amides is 1. The molecule has 0 aliphatic rings. The highest BCUT2D eigenvalue weighted by Gasteiger charge is 2.16. The summed E-state index contributed by atoms with van der Waals surface area (Å²) in [7, 11) is 0. The summed E-state index contributed by atoms with van der Waals surface area (Å²) >= 11 is -1.35. The third-order valence-electron chi connectivity index (χ3n) is 3.46. The SMILES string of the molecule is CCC(=O)c1ccc([S+]([O-])c2ccc(NC(=O)C(C)N)cc2)cc1. The van der Waals surface area contributed by atoms with Crippen LogP contribution >= 0.6 is 0 Å². The molecule has 126 valence electrons. The van der Waals surface area contributed by atoms with E-state index in [1.807, 2.05) is 0 Å². The first-order valence-electron chi connectivity index (χ1n) is 7.64. The monoisotopic (exact) mass is 344 g/mol. The number of hydrogen-bond acceptors (Lipinski definition) is 4. The summed E-state index contributed by atoms with van der Waals surface area (Å²) < 4.78 is 12.6. The van der Waals surface area contributed by atoms with Gasteiger partial charge in [-0.1, -0.05) is 6.92 Å². The van der Waals surface area contributed by atoms with E-state index in [0.717, 1.165) is 0 Å². The number of ketones is 1. The minimum atomic E-state index is -1.35. The van der Waals surface area contributed by atoms with Crippen molar-refractivity contribution in [2.24, 2.45) is 5.73 Å². The molecule has 24 heavy (non-hydrogen) atoms. The van der Waals surface area contributed by atoms with Gasteiger partial charge < -0.3 is 15.6 Å². The van der Waals surface area contributed by atoms with Gasteiger partial charge in [0, 0.05) is 28.8 Å². The Labute approximate surface area is 144 Å². The van der Waals surface area contributed by atoms with E-state index in [9.17, 15) is 14.1 Å². The second-order valence-corrected chi connectivity index (χ2v) is 6.85. The molecule has 0 aliphatic carbocycles.